The Morgan fingerprint density at radius 1 is 0.957 bits per heavy atom. The van der Waals surface area contributed by atoms with Crippen LogP contribution in [0.4, 0.5) is 0 Å². The van der Waals surface area contributed by atoms with E-state index in [2.05, 4.69) is 42.2 Å². The lowest BCUT2D eigenvalue weighted by Gasteiger charge is -2.18. The number of hydrogen-bond donors (Lipinski definition) is 1. The van der Waals surface area contributed by atoms with Crippen LogP contribution in [0.2, 0.25) is 0 Å². The van der Waals surface area contributed by atoms with Crippen LogP contribution in [0.25, 0.3) is 10.8 Å². The predicted molar refractivity (Wildman–Crippen MR) is 95.4 cm³/mol. The Bertz CT molecular complexity index is 823. The van der Waals surface area contributed by atoms with Crippen LogP contribution < -0.4 is 5.32 Å². The molecule has 0 radical (unpaired) electrons. The molecule has 0 aliphatic rings. The molecule has 1 atom stereocenters. The third kappa shape index (κ3) is 3.49. The zero-order chi connectivity index (χ0) is 16.1. The first-order valence-corrected chi connectivity index (χ1v) is 7.73. The van der Waals surface area contributed by atoms with Crippen LogP contribution in [-0.4, -0.2) is 5.91 Å². The molecule has 3 aromatic carbocycles. The Labute approximate surface area is 136 Å². The maximum atomic E-state index is 12.4. The van der Waals surface area contributed by atoms with Crippen LogP contribution in [0.15, 0.2) is 85.5 Å². The minimum absolute atomic E-state index is 0.0643. The van der Waals surface area contributed by atoms with Crippen molar-refractivity contribution in [2.45, 2.75) is 12.5 Å². The summed E-state index contributed by atoms with van der Waals surface area (Å²) in [5, 5.41) is 5.48. The number of hydrogen-bond acceptors (Lipinski definition) is 1. The lowest BCUT2D eigenvalue weighted by molar-refractivity contribution is 0.0937. The van der Waals surface area contributed by atoms with Gasteiger partial charge in [0.05, 0.1) is 6.04 Å². The summed E-state index contributed by atoms with van der Waals surface area (Å²) in [6.45, 7) is 3.82. The Balaban J connectivity index is 1.88. The molecule has 0 fully saturated rings. The molecule has 0 aliphatic carbocycles. The third-order valence-corrected chi connectivity index (χ3v) is 3.92. The largest absolute Gasteiger partial charge is 0.345 e. The third-order valence-electron chi connectivity index (χ3n) is 3.92. The number of fused-ring (bicyclic) bond motifs is 1. The van der Waals surface area contributed by atoms with Gasteiger partial charge in [0.15, 0.2) is 0 Å². The Hall–Kier alpha value is -2.87. The van der Waals surface area contributed by atoms with E-state index in [4.69, 9.17) is 0 Å². The average Bonchev–Trinajstić information content (AvgIpc) is 2.61. The van der Waals surface area contributed by atoms with Gasteiger partial charge in [-0.25, -0.2) is 0 Å². The number of amides is 1. The van der Waals surface area contributed by atoms with Crippen molar-refractivity contribution < 1.29 is 4.79 Å². The van der Waals surface area contributed by atoms with Crippen LogP contribution in [0, 0.1) is 0 Å². The smallest absolute Gasteiger partial charge is 0.251 e. The summed E-state index contributed by atoms with van der Waals surface area (Å²) in [5.41, 5.74) is 1.76. The molecule has 0 aliphatic heterocycles. The van der Waals surface area contributed by atoms with Crippen molar-refractivity contribution in [2.24, 2.45) is 0 Å². The second kappa shape index (κ2) is 6.93. The lowest BCUT2D eigenvalue weighted by Crippen LogP contribution is -2.28. The summed E-state index contributed by atoms with van der Waals surface area (Å²) in [7, 11) is 0. The molecule has 0 aromatic heterocycles. The Morgan fingerprint density at radius 2 is 1.65 bits per heavy atom. The molecule has 0 spiro atoms. The molecule has 2 nitrogen and oxygen atoms in total. The van der Waals surface area contributed by atoms with Crippen LogP contribution in [0.3, 0.4) is 0 Å². The summed E-state index contributed by atoms with van der Waals surface area (Å²) in [4.78, 5) is 12.4. The molecule has 0 saturated heterocycles. The molecule has 1 amide bonds. The number of carbonyl (C=O) groups excluding carboxylic acids is 1. The molecule has 0 bridgehead atoms. The zero-order valence-electron chi connectivity index (χ0n) is 12.9. The summed E-state index contributed by atoms with van der Waals surface area (Å²) >= 11 is 0. The standard InChI is InChI=1S/C21H19NO/c1-2-8-20(22-21(23)17-10-4-3-5-11-17)19-14-13-16-9-6-7-12-18(16)15-19/h2-7,9-15,20H,1,8H2,(H,22,23)/t20-/m1/s1. The van der Waals surface area contributed by atoms with Crippen molar-refractivity contribution in [1.82, 2.24) is 5.32 Å². The fourth-order valence-electron chi connectivity index (χ4n) is 2.70. The molecule has 1 N–H and O–H groups in total. The SMILES string of the molecule is C=CC[C@@H](NC(=O)c1ccccc1)c1ccc2ccccc2c1. The van der Waals surface area contributed by atoms with Gasteiger partial charge < -0.3 is 5.32 Å². The first kappa shape index (κ1) is 15.0. The number of rotatable bonds is 5. The fraction of sp³-hybridized carbons (Fsp3) is 0.0952. The highest BCUT2D eigenvalue weighted by atomic mass is 16.1. The van der Waals surface area contributed by atoms with Crippen molar-refractivity contribution in [1.29, 1.82) is 0 Å². The summed E-state index contributed by atoms with van der Waals surface area (Å²) in [5.74, 6) is -0.0643. The molecule has 114 valence electrons. The summed E-state index contributed by atoms with van der Waals surface area (Å²) < 4.78 is 0. The first-order valence-electron chi connectivity index (χ1n) is 7.73. The number of carbonyl (C=O) groups is 1. The highest BCUT2D eigenvalue weighted by molar-refractivity contribution is 5.94. The van der Waals surface area contributed by atoms with E-state index < -0.39 is 0 Å². The number of nitrogens with one attached hydrogen (secondary N) is 1. The van der Waals surface area contributed by atoms with Crippen molar-refractivity contribution in [2.75, 3.05) is 0 Å². The van der Waals surface area contributed by atoms with Crippen LogP contribution in [0.1, 0.15) is 28.4 Å². The Kier molecular flexibility index (Phi) is 4.53. The van der Waals surface area contributed by atoms with Crippen molar-refractivity contribution in [3.63, 3.8) is 0 Å². The molecule has 23 heavy (non-hydrogen) atoms. The van der Waals surface area contributed by atoms with Gasteiger partial charge in [0.25, 0.3) is 5.91 Å². The van der Waals surface area contributed by atoms with Gasteiger partial charge in [-0.2, -0.15) is 0 Å². The fourth-order valence-corrected chi connectivity index (χ4v) is 2.70. The Morgan fingerprint density at radius 3 is 2.39 bits per heavy atom. The van der Waals surface area contributed by atoms with Gasteiger partial charge in [-0.3, -0.25) is 4.79 Å². The minimum Gasteiger partial charge on any atom is -0.345 e. The molecule has 2 heteroatoms. The van der Waals surface area contributed by atoms with Crippen molar-refractivity contribution in [3.05, 3.63) is 96.6 Å². The van der Waals surface area contributed by atoms with E-state index in [0.29, 0.717) is 12.0 Å². The van der Waals surface area contributed by atoms with Gasteiger partial charge in [0.2, 0.25) is 0 Å². The predicted octanol–water partition coefficient (Wildman–Crippen LogP) is 4.89. The van der Waals surface area contributed by atoms with Gasteiger partial charge in [0.1, 0.15) is 0 Å². The molecular weight excluding hydrogens is 282 g/mol. The van der Waals surface area contributed by atoms with E-state index in [1.807, 2.05) is 48.5 Å². The van der Waals surface area contributed by atoms with E-state index in [0.717, 1.165) is 5.56 Å². The first-order chi connectivity index (χ1) is 11.3. The van der Waals surface area contributed by atoms with Gasteiger partial charge in [-0.05, 0) is 41.0 Å². The van der Waals surface area contributed by atoms with E-state index in [1.54, 1.807) is 0 Å². The zero-order valence-corrected chi connectivity index (χ0v) is 12.9. The second-order valence-electron chi connectivity index (χ2n) is 5.52. The molecular formula is C21H19NO. The van der Waals surface area contributed by atoms with Crippen molar-refractivity contribution in [3.8, 4) is 0 Å². The summed E-state index contributed by atoms with van der Waals surface area (Å²) in [6, 6.07) is 23.7. The maximum absolute atomic E-state index is 12.4. The van der Waals surface area contributed by atoms with Crippen LogP contribution in [0.5, 0.6) is 0 Å². The van der Waals surface area contributed by atoms with E-state index >= 15 is 0 Å². The van der Waals surface area contributed by atoms with Gasteiger partial charge >= 0.3 is 0 Å². The molecule has 3 aromatic rings. The molecule has 0 saturated carbocycles. The molecule has 3 rings (SSSR count). The number of benzene rings is 3. The average molecular weight is 301 g/mol. The van der Waals surface area contributed by atoms with E-state index in [-0.39, 0.29) is 11.9 Å². The lowest BCUT2D eigenvalue weighted by atomic mass is 9.99. The second-order valence-corrected chi connectivity index (χ2v) is 5.52. The quantitative estimate of drug-likeness (QED) is 0.668. The monoisotopic (exact) mass is 301 g/mol. The van der Waals surface area contributed by atoms with Gasteiger partial charge in [-0.1, -0.05) is 60.7 Å². The molecule has 0 heterocycles. The highest BCUT2D eigenvalue weighted by Gasteiger charge is 2.14. The van der Waals surface area contributed by atoms with Crippen molar-refractivity contribution >= 4 is 16.7 Å². The van der Waals surface area contributed by atoms with Gasteiger partial charge in [0, 0.05) is 5.56 Å². The van der Waals surface area contributed by atoms with E-state index in [1.165, 1.54) is 10.8 Å². The minimum atomic E-state index is -0.0789. The molecule has 0 unspecified atom stereocenters. The van der Waals surface area contributed by atoms with Crippen LogP contribution >= 0.6 is 0 Å². The van der Waals surface area contributed by atoms with Crippen LogP contribution in [-0.2, 0) is 0 Å². The topological polar surface area (TPSA) is 29.1 Å². The van der Waals surface area contributed by atoms with Gasteiger partial charge in [-0.15, -0.1) is 6.58 Å². The highest BCUT2D eigenvalue weighted by Crippen LogP contribution is 2.23. The normalized spacial score (nSPS) is 11.8. The summed E-state index contributed by atoms with van der Waals surface area (Å²) in [6.07, 6.45) is 2.53. The van der Waals surface area contributed by atoms with E-state index in [9.17, 15) is 4.79 Å². The maximum Gasteiger partial charge on any atom is 0.251 e.